The Balaban J connectivity index is 1.89. The normalized spacial score (nSPS) is 12.3. The highest BCUT2D eigenvalue weighted by Crippen LogP contribution is 2.24. The van der Waals surface area contributed by atoms with Crippen LogP contribution in [0.5, 0.6) is 0 Å². The van der Waals surface area contributed by atoms with Gasteiger partial charge in [0.05, 0.1) is 6.04 Å². The van der Waals surface area contributed by atoms with Gasteiger partial charge in [0.25, 0.3) is 5.91 Å². The average Bonchev–Trinajstić information content (AvgIpc) is 2.86. The minimum Gasteiger partial charge on any atom is -0.344 e. The van der Waals surface area contributed by atoms with Crippen LogP contribution in [0.1, 0.15) is 34.7 Å². The van der Waals surface area contributed by atoms with Gasteiger partial charge in [-0.25, -0.2) is 0 Å². The second-order valence-electron chi connectivity index (χ2n) is 5.68. The van der Waals surface area contributed by atoms with Crippen LogP contribution in [0.2, 0.25) is 0 Å². The lowest BCUT2D eigenvalue weighted by atomic mass is 9.99. The van der Waals surface area contributed by atoms with Gasteiger partial charge in [-0.3, -0.25) is 4.79 Å². The number of hydrogen-bond acceptors (Lipinski definition) is 1. The van der Waals surface area contributed by atoms with Crippen LogP contribution in [-0.2, 0) is 7.05 Å². The van der Waals surface area contributed by atoms with E-state index in [0.717, 1.165) is 11.3 Å². The Morgan fingerprint density at radius 1 is 1.05 bits per heavy atom. The summed E-state index contributed by atoms with van der Waals surface area (Å²) in [6.07, 6.45) is 0. The molecule has 22 heavy (non-hydrogen) atoms. The zero-order valence-corrected chi connectivity index (χ0v) is 13.1. The lowest BCUT2D eigenvalue weighted by molar-refractivity contribution is 0.0931. The summed E-state index contributed by atoms with van der Waals surface area (Å²) in [5.41, 5.74) is 2.89. The number of benzene rings is 2. The fourth-order valence-electron chi connectivity index (χ4n) is 2.82. The third kappa shape index (κ3) is 2.50. The van der Waals surface area contributed by atoms with Crippen LogP contribution in [0.3, 0.4) is 0 Å². The molecular weight excluding hydrogens is 272 g/mol. The Labute approximate surface area is 130 Å². The molecule has 1 unspecified atom stereocenters. The molecule has 3 nitrogen and oxygen atoms in total. The molecule has 0 saturated heterocycles. The highest BCUT2D eigenvalue weighted by atomic mass is 16.2. The number of nitrogens with zero attached hydrogens (tertiary/aromatic N) is 1. The van der Waals surface area contributed by atoms with Crippen molar-refractivity contribution in [1.29, 1.82) is 0 Å². The van der Waals surface area contributed by atoms with Crippen molar-refractivity contribution in [3.63, 3.8) is 0 Å². The predicted molar refractivity (Wildman–Crippen MR) is 90.0 cm³/mol. The molecule has 1 amide bonds. The summed E-state index contributed by atoms with van der Waals surface area (Å²) >= 11 is 0. The number of carbonyl (C=O) groups is 1. The van der Waals surface area contributed by atoms with Gasteiger partial charge in [0.15, 0.2) is 0 Å². The molecule has 1 N–H and O–H groups in total. The molecule has 1 heterocycles. The van der Waals surface area contributed by atoms with E-state index in [9.17, 15) is 4.79 Å². The number of nitrogens with one attached hydrogen (secondary N) is 1. The smallest absolute Gasteiger partial charge is 0.268 e. The molecule has 2 aromatic carbocycles. The van der Waals surface area contributed by atoms with E-state index in [1.54, 1.807) is 0 Å². The monoisotopic (exact) mass is 292 g/mol. The van der Waals surface area contributed by atoms with Crippen molar-refractivity contribution in [3.8, 4) is 0 Å². The number of aromatic nitrogens is 1. The van der Waals surface area contributed by atoms with Gasteiger partial charge >= 0.3 is 0 Å². The molecule has 3 rings (SSSR count). The second kappa shape index (κ2) is 5.68. The summed E-state index contributed by atoms with van der Waals surface area (Å²) in [5.74, 6) is -0.0453. The van der Waals surface area contributed by atoms with Gasteiger partial charge < -0.3 is 9.88 Å². The molecule has 1 atom stereocenters. The third-order valence-electron chi connectivity index (χ3n) is 4.24. The molecule has 0 saturated carbocycles. The Kier molecular flexibility index (Phi) is 3.72. The summed E-state index contributed by atoms with van der Waals surface area (Å²) in [5, 5.41) is 5.47. The second-order valence-corrected chi connectivity index (χ2v) is 5.68. The quantitative estimate of drug-likeness (QED) is 0.778. The van der Waals surface area contributed by atoms with Crippen LogP contribution in [-0.4, -0.2) is 10.5 Å². The highest BCUT2D eigenvalue weighted by molar-refractivity contribution is 5.94. The standard InChI is InChI=1S/C19H20N2O/c1-13-11-12-18(21(13)3)19(22)20-14(2)16-10-6-8-15-7-4-5-9-17(15)16/h4-12,14H,1-3H3,(H,20,22). The number of hydrogen-bond donors (Lipinski definition) is 1. The van der Waals surface area contributed by atoms with Gasteiger partial charge in [-0.1, -0.05) is 42.5 Å². The first-order chi connectivity index (χ1) is 10.6. The molecule has 0 aliphatic heterocycles. The summed E-state index contributed by atoms with van der Waals surface area (Å²) in [7, 11) is 1.91. The first kappa shape index (κ1) is 14.4. The number of fused-ring (bicyclic) bond motifs is 1. The van der Waals surface area contributed by atoms with Crippen molar-refractivity contribution in [3.05, 3.63) is 71.5 Å². The maximum atomic E-state index is 12.5. The summed E-state index contributed by atoms with van der Waals surface area (Å²) < 4.78 is 1.91. The van der Waals surface area contributed by atoms with Crippen LogP contribution >= 0.6 is 0 Å². The zero-order valence-electron chi connectivity index (χ0n) is 13.1. The number of carbonyl (C=O) groups excluding carboxylic acids is 1. The maximum Gasteiger partial charge on any atom is 0.268 e. The van der Waals surface area contributed by atoms with Crippen LogP contribution in [0.15, 0.2) is 54.6 Å². The predicted octanol–water partition coefficient (Wildman–Crippen LogP) is 3.98. The highest BCUT2D eigenvalue weighted by Gasteiger charge is 2.16. The molecule has 0 aliphatic rings. The topological polar surface area (TPSA) is 34.0 Å². The van der Waals surface area contributed by atoms with Gasteiger partial charge in [-0.05, 0) is 42.3 Å². The number of amides is 1. The first-order valence-electron chi connectivity index (χ1n) is 7.49. The molecule has 0 aliphatic carbocycles. The van der Waals surface area contributed by atoms with Crippen molar-refractivity contribution >= 4 is 16.7 Å². The zero-order chi connectivity index (χ0) is 15.7. The first-order valence-corrected chi connectivity index (χ1v) is 7.49. The van der Waals surface area contributed by atoms with Crippen molar-refractivity contribution in [2.45, 2.75) is 19.9 Å². The van der Waals surface area contributed by atoms with Crippen molar-refractivity contribution < 1.29 is 4.79 Å². The van der Waals surface area contributed by atoms with Gasteiger partial charge in [0.2, 0.25) is 0 Å². The lowest BCUT2D eigenvalue weighted by Gasteiger charge is -2.17. The van der Waals surface area contributed by atoms with E-state index in [1.165, 1.54) is 10.8 Å². The van der Waals surface area contributed by atoms with Crippen molar-refractivity contribution in [1.82, 2.24) is 9.88 Å². The summed E-state index contributed by atoms with van der Waals surface area (Å²) in [4.78, 5) is 12.5. The van der Waals surface area contributed by atoms with Crippen molar-refractivity contribution in [2.75, 3.05) is 0 Å². The Morgan fingerprint density at radius 3 is 2.50 bits per heavy atom. The van der Waals surface area contributed by atoms with E-state index in [-0.39, 0.29) is 11.9 Å². The molecule has 0 bridgehead atoms. The molecule has 0 spiro atoms. The van der Waals surface area contributed by atoms with Crippen LogP contribution in [0, 0.1) is 6.92 Å². The number of rotatable bonds is 3. The number of aryl methyl sites for hydroxylation is 1. The van der Waals surface area contributed by atoms with Gasteiger partial charge in [-0.15, -0.1) is 0 Å². The Morgan fingerprint density at radius 2 is 1.77 bits per heavy atom. The minimum atomic E-state index is -0.0474. The van der Waals surface area contributed by atoms with Gasteiger partial charge in [0.1, 0.15) is 5.69 Å². The maximum absolute atomic E-state index is 12.5. The largest absolute Gasteiger partial charge is 0.344 e. The van der Waals surface area contributed by atoms with Crippen LogP contribution < -0.4 is 5.32 Å². The SMILES string of the molecule is Cc1ccc(C(=O)NC(C)c2cccc3ccccc23)n1C. The molecule has 3 heteroatoms. The van der Waals surface area contributed by atoms with E-state index in [0.29, 0.717) is 5.69 Å². The molecule has 0 radical (unpaired) electrons. The molecule has 0 fully saturated rings. The summed E-state index contributed by atoms with van der Waals surface area (Å²) in [6, 6.07) is 18.2. The Hall–Kier alpha value is -2.55. The van der Waals surface area contributed by atoms with Gasteiger partial charge in [0, 0.05) is 12.7 Å². The van der Waals surface area contributed by atoms with Crippen LogP contribution in [0.25, 0.3) is 10.8 Å². The van der Waals surface area contributed by atoms with E-state index in [2.05, 4.69) is 29.6 Å². The molecule has 1 aromatic heterocycles. The van der Waals surface area contributed by atoms with Gasteiger partial charge in [-0.2, -0.15) is 0 Å². The van der Waals surface area contributed by atoms with E-state index < -0.39 is 0 Å². The molecule has 112 valence electrons. The summed E-state index contributed by atoms with van der Waals surface area (Å²) in [6.45, 7) is 4.01. The molecule has 3 aromatic rings. The van der Waals surface area contributed by atoms with E-state index in [1.807, 2.05) is 55.8 Å². The van der Waals surface area contributed by atoms with E-state index in [4.69, 9.17) is 0 Å². The lowest BCUT2D eigenvalue weighted by Crippen LogP contribution is -2.28. The third-order valence-corrected chi connectivity index (χ3v) is 4.24. The minimum absolute atomic E-state index is 0.0453. The van der Waals surface area contributed by atoms with Crippen LogP contribution in [0.4, 0.5) is 0 Å². The molecular formula is C19H20N2O. The van der Waals surface area contributed by atoms with Crippen molar-refractivity contribution in [2.24, 2.45) is 7.05 Å². The Bertz CT molecular complexity index is 827. The van der Waals surface area contributed by atoms with E-state index >= 15 is 0 Å². The average molecular weight is 292 g/mol. The fraction of sp³-hybridized carbons (Fsp3) is 0.211. The fourth-order valence-corrected chi connectivity index (χ4v) is 2.82.